The van der Waals surface area contributed by atoms with Crippen LogP contribution in [-0.2, 0) is 0 Å². The fourth-order valence-corrected chi connectivity index (χ4v) is 2.15. The summed E-state index contributed by atoms with van der Waals surface area (Å²) in [5, 5.41) is 9.87. The topological polar surface area (TPSA) is 38.7 Å². The van der Waals surface area contributed by atoms with Gasteiger partial charge in [-0.05, 0) is 23.3 Å². The zero-order valence-electron chi connectivity index (χ0n) is 10.2. The van der Waals surface area contributed by atoms with Crippen LogP contribution in [0.15, 0.2) is 42.5 Å². The Morgan fingerprint density at radius 2 is 1.89 bits per heavy atom. The molecule has 1 heterocycles. The van der Waals surface area contributed by atoms with Gasteiger partial charge >= 0.3 is 0 Å². The van der Waals surface area contributed by atoms with Crippen LogP contribution in [0.4, 0.5) is 0 Å². The van der Waals surface area contributed by atoms with Crippen LogP contribution in [-0.4, -0.2) is 11.9 Å². The summed E-state index contributed by atoms with van der Waals surface area (Å²) in [6.45, 7) is 0.243. The van der Waals surface area contributed by atoms with Crippen molar-refractivity contribution < 1.29 is 14.6 Å². The van der Waals surface area contributed by atoms with Crippen molar-refractivity contribution >= 4 is 0 Å². The van der Waals surface area contributed by atoms with Crippen LogP contribution in [0.2, 0.25) is 0 Å². The van der Waals surface area contributed by atoms with E-state index < -0.39 is 6.10 Å². The summed E-state index contributed by atoms with van der Waals surface area (Å²) in [5.41, 5.74) is 2.55. The minimum atomic E-state index is -0.915. The largest absolute Gasteiger partial charge is 0.454 e. The molecule has 0 fully saturated rings. The van der Waals surface area contributed by atoms with Crippen LogP contribution in [0.25, 0.3) is 11.1 Å². The lowest BCUT2D eigenvalue weighted by atomic mass is 9.96. The van der Waals surface area contributed by atoms with E-state index in [0.717, 1.165) is 16.9 Å². The third-order valence-corrected chi connectivity index (χ3v) is 3.10. The molecule has 0 aromatic heterocycles. The van der Waals surface area contributed by atoms with Crippen LogP contribution in [0.1, 0.15) is 11.7 Å². The molecule has 2 aromatic rings. The molecule has 0 radical (unpaired) electrons. The molecule has 0 saturated carbocycles. The molecule has 1 unspecified atom stereocenters. The zero-order valence-corrected chi connectivity index (χ0v) is 10.2. The summed E-state index contributed by atoms with van der Waals surface area (Å²) in [5.74, 6) is 3.79. The predicted molar refractivity (Wildman–Crippen MR) is 71.8 cm³/mol. The molecule has 1 aliphatic heterocycles. The quantitative estimate of drug-likeness (QED) is 0.835. The first-order chi connectivity index (χ1) is 9.29. The van der Waals surface area contributed by atoms with E-state index >= 15 is 0 Å². The second-order valence-electron chi connectivity index (χ2n) is 4.22. The van der Waals surface area contributed by atoms with E-state index in [-0.39, 0.29) is 6.79 Å². The highest BCUT2D eigenvalue weighted by molar-refractivity contribution is 5.71. The van der Waals surface area contributed by atoms with Crippen molar-refractivity contribution in [1.29, 1.82) is 0 Å². The van der Waals surface area contributed by atoms with Gasteiger partial charge in [-0.15, -0.1) is 6.42 Å². The number of ether oxygens (including phenoxy) is 2. The number of hydrogen-bond acceptors (Lipinski definition) is 3. The van der Waals surface area contributed by atoms with E-state index in [1.807, 2.05) is 42.5 Å². The first kappa shape index (κ1) is 11.6. The van der Waals surface area contributed by atoms with Crippen LogP contribution in [0, 0.1) is 12.3 Å². The highest BCUT2D eigenvalue weighted by Gasteiger charge is 2.16. The minimum Gasteiger partial charge on any atom is -0.454 e. The lowest BCUT2D eigenvalue weighted by Gasteiger charge is -2.11. The lowest BCUT2D eigenvalue weighted by Crippen LogP contribution is -1.96. The SMILES string of the molecule is C#CC(O)c1ccccc1-c1ccc2c(c1)OCO2. The Kier molecular flexibility index (Phi) is 2.86. The summed E-state index contributed by atoms with van der Waals surface area (Å²) < 4.78 is 10.6. The van der Waals surface area contributed by atoms with E-state index in [9.17, 15) is 5.11 Å². The van der Waals surface area contributed by atoms with Crippen LogP contribution in [0.3, 0.4) is 0 Å². The molecule has 1 atom stereocenters. The third kappa shape index (κ3) is 2.03. The lowest BCUT2D eigenvalue weighted by molar-refractivity contribution is 0.174. The van der Waals surface area contributed by atoms with E-state index in [1.165, 1.54) is 0 Å². The van der Waals surface area contributed by atoms with Crippen molar-refractivity contribution in [1.82, 2.24) is 0 Å². The second-order valence-corrected chi connectivity index (χ2v) is 4.22. The van der Waals surface area contributed by atoms with Crippen molar-refractivity contribution in [3.05, 3.63) is 48.0 Å². The van der Waals surface area contributed by atoms with Gasteiger partial charge in [0.05, 0.1) is 0 Å². The molecule has 1 N–H and O–H groups in total. The van der Waals surface area contributed by atoms with Gasteiger partial charge in [-0.2, -0.15) is 0 Å². The summed E-state index contributed by atoms with van der Waals surface area (Å²) in [7, 11) is 0. The van der Waals surface area contributed by atoms with Crippen LogP contribution < -0.4 is 9.47 Å². The van der Waals surface area contributed by atoms with Gasteiger partial charge in [-0.1, -0.05) is 36.3 Å². The highest BCUT2D eigenvalue weighted by Crippen LogP contribution is 2.37. The molecule has 1 aliphatic rings. The molecule has 2 aromatic carbocycles. The van der Waals surface area contributed by atoms with Gasteiger partial charge in [0.25, 0.3) is 0 Å². The molecule has 3 rings (SSSR count). The molecule has 3 heteroatoms. The van der Waals surface area contributed by atoms with Gasteiger partial charge in [0.15, 0.2) is 11.5 Å². The predicted octanol–water partition coefficient (Wildman–Crippen LogP) is 2.75. The molecule has 0 spiro atoms. The smallest absolute Gasteiger partial charge is 0.231 e. The maximum atomic E-state index is 9.87. The summed E-state index contributed by atoms with van der Waals surface area (Å²) in [6, 6.07) is 13.2. The number of rotatable bonds is 2. The fourth-order valence-electron chi connectivity index (χ4n) is 2.15. The Morgan fingerprint density at radius 1 is 1.11 bits per heavy atom. The molecule has 0 amide bonds. The molecule has 0 saturated heterocycles. The molecule has 0 bridgehead atoms. The Bertz CT molecular complexity index is 655. The van der Waals surface area contributed by atoms with E-state index in [1.54, 1.807) is 0 Å². The maximum absolute atomic E-state index is 9.87. The van der Waals surface area contributed by atoms with Gasteiger partial charge in [0.1, 0.15) is 6.10 Å². The summed E-state index contributed by atoms with van der Waals surface area (Å²) in [4.78, 5) is 0. The minimum absolute atomic E-state index is 0.243. The van der Waals surface area contributed by atoms with Crippen LogP contribution >= 0.6 is 0 Å². The average Bonchev–Trinajstić information content (AvgIpc) is 2.93. The molecule has 19 heavy (non-hydrogen) atoms. The standard InChI is InChI=1S/C16H12O3/c1-2-14(17)13-6-4-3-5-12(13)11-7-8-15-16(9-11)19-10-18-15/h1,3-9,14,17H,10H2. The molecular formula is C16H12O3. The van der Waals surface area contributed by atoms with Crippen molar-refractivity contribution in [3.8, 4) is 35.0 Å². The molecule has 0 aliphatic carbocycles. The Labute approximate surface area is 111 Å². The second kappa shape index (κ2) is 4.68. The monoisotopic (exact) mass is 252 g/mol. The average molecular weight is 252 g/mol. The van der Waals surface area contributed by atoms with Crippen molar-refractivity contribution in [3.63, 3.8) is 0 Å². The number of fused-ring (bicyclic) bond motifs is 1. The van der Waals surface area contributed by atoms with Crippen molar-refractivity contribution in [2.45, 2.75) is 6.10 Å². The Morgan fingerprint density at radius 3 is 2.74 bits per heavy atom. The number of terminal acetylenes is 1. The van der Waals surface area contributed by atoms with Gasteiger partial charge < -0.3 is 14.6 Å². The molecular weight excluding hydrogens is 240 g/mol. The first-order valence-corrected chi connectivity index (χ1v) is 5.93. The normalized spacial score (nSPS) is 13.9. The number of aliphatic hydroxyl groups is 1. The van der Waals surface area contributed by atoms with E-state index in [2.05, 4.69) is 5.92 Å². The number of hydrogen-bond donors (Lipinski definition) is 1. The highest BCUT2D eigenvalue weighted by atomic mass is 16.7. The van der Waals surface area contributed by atoms with Gasteiger partial charge in [0, 0.05) is 5.56 Å². The third-order valence-electron chi connectivity index (χ3n) is 3.10. The first-order valence-electron chi connectivity index (χ1n) is 5.93. The van der Waals surface area contributed by atoms with E-state index in [4.69, 9.17) is 15.9 Å². The Balaban J connectivity index is 2.10. The maximum Gasteiger partial charge on any atom is 0.231 e. The summed E-state index contributed by atoms with van der Waals surface area (Å²) >= 11 is 0. The fraction of sp³-hybridized carbons (Fsp3) is 0.125. The van der Waals surface area contributed by atoms with Gasteiger partial charge in [-0.3, -0.25) is 0 Å². The van der Waals surface area contributed by atoms with E-state index in [0.29, 0.717) is 11.3 Å². The number of aliphatic hydroxyl groups excluding tert-OH is 1. The van der Waals surface area contributed by atoms with Crippen molar-refractivity contribution in [2.24, 2.45) is 0 Å². The van der Waals surface area contributed by atoms with Gasteiger partial charge in [-0.25, -0.2) is 0 Å². The Hall–Kier alpha value is -2.44. The van der Waals surface area contributed by atoms with Gasteiger partial charge in [0.2, 0.25) is 6.79 Å². The summed E-state index contributed by atoms with van der Waals surface area (Å²) in [6.07, 6.45) is 4.38. The number of benzene rings is 2. The molecule has 94 valence electrons. The zero-order chi connectivity index (χ0) is 13.2. The van der Waals surface area contributed by atoms with Crippen LogP contribution in [0.5, 0.6) is 11.5 Å². The molecule has 3 nitrogen and oxygen atoms in total. The van der Waals surface area contributed by atoms with Crippen molar-refractivity contribution in [2.75, 3.05) is 6.79 Å².